The molecule has 3 rings (SSSR count). The van der Waals surface area contributed by atoms with Crippen LogP contribution in [0.1, 0.15) is 38.4 Å². The van der Waals surface area contributed by atoms with Crippen LogP contribution in [-0.2, 0) is 18.4 Å². The summed E-state index contributed by atoms with van der Waals surface area (Å²) in [6.45, 7) is 4.67. The lowest BCUT2D eigenvalue weighted by Gasteiger charge is -2.34. The van der Waals surface area contributed by atoms with Crippen molar-refractivity contribution in [3.63, 3.8) is 0 Å². The molecular weight excluding hydrogens is 252 g/mol. The highest BCUT2D eigenvalue weighted by Gasteiger charge is 2.38. The molecule has 0 radical (unpaired) electrons. The van der Waals surface area contributed by atoms with Crippen LogP contribution in [0.15, 0.2) is 12.4 Å². The fraction of sp³-hybridized carbons (Fsp3) is 0.733. The van der Waals surface area contributed by atoms with Crippen molar-refractivity contribution in [2.45, 2.75) is 51.2 Å². The highest BCUT2D eigenvalue weighted by Crippen LogP contribution is 2.30. The van der Waals surface area contributed by atoms with E-state index >= 15 is 0 Å². The normalized spacial score (nSPS) is 27.4. The van der Waals surface area contributed by atoms with Crippen LogP contribution in [0.5, 0.6) is 0 Å². The average molecular weight is 276 g/mol. The molecule has 3 heterocycles. The molecule has 0 spiro atoms. The van der Waals surface area contributed by atoms with Gasteiger partial charge in [-0.1, -0.05) is 0 Å². The van der Waals surface area contributed by atoms with Gasteiger partial charge < -0.3 is 9.47 Å². The smallest absolute Gasteiger partial charge is 0.219 e. The van der Waals surface area contributed by atoms with Crippen molar-refractivity contribution in [2.24, 2.45) is 7.05 Å². The third-order valence-corrected chi connectivity index (χ3v) is 4.83. The van der Waals surface area contributed by atoms with Gasteiger partial charge >= 0.3 is 0 Å². The number of aromatic nitrogens is 2. The molecule has 1 amide bonds. The number of nitrogens with zero attached hydrogens (tertiary/aromatic N) is 4. The molecule has 0 bridgehead atoms. The fourth-order valence-electron chi connectivity index (χ4n) is 3.80. The van der Waals surface area contributed by atoms with Crippen molar-refractivity contribution in [1.82, 2.24) is 19.4 Å². The molecule has 20 heavy (non-hydrogen) atoms. The van der Waals surface area contributed by atoms with Gasteiger partial charge in [-0.25, -0.2) is 4.98 Å². The number of likely N-dealkylation sites (tertiary alicyclic amines) is 2. The Balaban J connectivity index is 1.72. The molecule has 5 heteroatoms. The van der Waals surface area contributed by atoms with E-state index in [9.17, 15) is 4.79 Å². The number of rotatable bonds is 3. The molecule has 0 aliphatic carbocycles. The van der Waals surface area contributed by atoms with Crippen LogP contribution in [0.2, 0.25) is 0 Å². The Bertz CT molecular complexity index is 484. The summed E-state index contributed by atoms with van der Waals surface area (Å²) in [6.07, 6.45) is 8.60. The van der Waals surface area contributed by atoms with Crippen molar-refractivity contribution in [2.75, 3.05) is 13.1 Å². The zero-order valence-corrected chi connectivity index (χ0v) is 12.5. The molecule has 2 atom stereocenters. The van der Waals surface area contributed by atoms with E-state index in [1.165, 1.54) is 12.8 Å². The van der Waals surface area contributed by atoms with E-state index in [-0.39, 0.29) is 5.91 Å². The number of carbonyl (C=O) groups excluding carboxylic acids is 1. The van der Waals surface area contributed by atoms with Crippen LogP contribution in [0.25, 0.3) is 0 Å². The van der Waals surface area contributed by atoms with Gasteiger partial charge in [-0.2, -0.15) is 0 Å². The Labute approximate surface area is 120 Å². The Morgan fingerprint density at radius 3 is 2.75 bits per heavy atom. The quantitative estimate of drug-likeness (QED) is 0.838. The molecule has 0 unspecified atom stereocenters. The number of imidazole rings is 1. The number of aryl methyl sites for hydroxylation is 1. The molecule has 2 aliphatic rings. The first-order valence-electron chi connectivity index (χ1n) is 7.64. The van der Waals surface area contributed by atoms with Gasteiger partial charge in [0.2, 0.25) is 5.91 Å². The lowest BCUT2D eigenvalue weighted by atomic mass is 10.0. The minimum Gasteiger partial charge on any atom is -0.338 e. The van der Waals surface area contributed by atoms with Crippen LogP contribution in [-0.4, -0.2) is 50.4 Å². The fourth-order valence-corrected chi connectivity index (χ4v) is 3.80. The summed E-state index contributed by atoms with van der Waals surface area (Å²) in [5.41, 5.74) is 0. The predicted molar refractivity (Wildman–Crippen MR) is 77.0 cm³/mol. The Kier molecular flexibility index (Phi) is 3.78. The molecule has 0 saturated carbocycles. The van der Waals surface area contributed by atoms with E-state index in [0.717, 1.165) is 38.3 Å². The highest BCUT2D eigenvalue weighted by atomic mass is 16.2. The first-order valence-corrected chi connectivity index (χ1v) is 7.64. The van der Waals surface area contributed by atoms with E-state index in [4.69, 9.17) is 0 Å². The maximum atomic E-state index is 11.8. The van der Waals surface area contributed by atoms with Gasteiger partial charge in [-0.15, -0.1) is 0 Å². The van der Waals surface area contributed by atoms with Crippen LogP contribution in [0.4, 0.5) is 0 Å². The van der Waals surface area contributed by atoms with Crippen LogP contribution >= 0.6 is 0 Å². The van der Waals surface area contributed by atoms with Crippen LogP contribution in [0, 0.1) is 0 Å². The molecule has 2 aliphatic heterocycles. The average Bonchev–Trinajstić information content (AvgIpc) is 3.11. The molecule has 0 aromatic carbocycles. The second kappa shape index (κ2) is 5.56. The summed E-state index contributed by atoms with van der Waals surface area (Å²) >= 11 is 0. The van der Waals surface area contributed by atoms with Crippen molar-refractivity contribution in [3.05, 3.63) is 18.2 Å². The van der Waals surface area contributed by atoms with E-state index in [2.05, 4.69) is 19.4 Å². The zero-order chi connectivity index (χ0) is 14.1. The van der Waals surface area contributed by atoms with Gasteiger partial charge in [0.25, 0.3) is 0 Å². The summed E-state index contributed by atoms with van der Waals surface area (Å²) in [5.74, 6) is 1.35. The summed E-state index contributed by atoms with van der Waals surface area (Å²) in [7, 11) is 2.05. The molecular formula is C15H24N4O. The van der Waals surface area contributed by atoms with Gasteiger partial charge in [0, 0.05) is 45.0 Å². The van der Waals surface area contributed by atoms with Crippen molar-refractivity contribution >= 4 is 5.91 Å². The van der Waals surface area contributed by atoms with Gasteiger partial charge in [-0.3, -0.25) is 9.69 Å². The minimum absolute atomic E-state index is 0.233. The Morgan fingerprint density at radius 1 is 1.30 bits per heavy atom. The summed E-state index contributed by atoms with van der Waals surface area (Å²) < 4.78 is 2.09. The van der Waals surface area contributed by atoms with Gasteiger partial charge in [0.05, 0.1) is 6.54 Å². The standard InChI is InChI=1S/C15H24N4O/c1-12(20)19-9-4-6-14(19)13-5-3-8-18(13)11-15-16-7-10-17(15)2/h7,10,13-14H,3-6,8-9,11H2,1-2H3/t13-,14+/m0/s1. The van der Waals surface area contributed by atoms with E-state index < -0.39 is 0 Å². The van der Waals surface area contributed by atoms with Gasteiger partial charge in [0.1, 0.15) is 5.82 Å². The molecule has 2 saturated heterocycles. The minimum atomic E-state index is 0.233. The van der Waals surface area contributed by atoms with Crippen molar-refractivity contribution in [1.29, 1.82) is 0 Å². The number of amides is 1. The lowest BCUT2D eigenvalue weighted by Crippen LogP contribution is -2.47. The summed E-state index contributed by atoms with van der Waals surface area (Å²) in [4.78, 5) is 20.8. The predicted octanol–water partition coefficient (Wildman–Crippen LogP) is 1.40. The van der Waals surface area contributed by atoms with Crippen molar-refractivity contribution < 1.29 is 4.79 Å². The maximum absolute atomic E-state index is 11.8. The van der Waals surface area contributed by atoms with Crippen LogP contribution in [0.3, 0.4) is 0 Å². The van der Waals surface area contributed by atoms with E-state index in [1.54, 1.807) is 6.92 Å². The van der Waals surface area contributed by atoms with Gasteiger partial charge in [-0.05, 0) is 32.2 Å². The number of hydrogen-bond donors (Lipinski definition) is 0. The van der Waals surface area contributed by atoms with E-state index in [1.807, 2.05) is 19.4 Å². The Morgan fingerprint density at radius 2 is 2.05 bits per heavy atom. The largest absolute Gasteiger partial charge is 0.338 e. The molecule has 1 aromatic heterocycles. The number of hydrogen-bond acceptors (Lipinski definition) is 3. The second-order valence-electron chi connectivity index (χ2n) is 6.06. The molecule has 1 aromatic rings. The zero-order valence-electron chi connectivity index (χ0n) is 12.5. The highest BCUT2D eigenvalue weighted by molar-refractivity contribution is 5.74. The third kappa shape index (κ3) is 2.46. The Hall–Kier alpha value is -1.36. The maximum Gasteiger partial charge on any atom is 0.219 e. The molecule has 110 valence electrons. The lowest BCUT2D eigenvalue weighted by molar-refractivity contribution is -0.130. The molecule has 5 nitrogen and oxygen atoms in total. The van der Waals surface area contributed by atoms with Crippen LogP contribution < -0.4 is 0 Å². The van der Waals surface area contributed by atoms with E-state index in [0.29, 0.717) is 12.1 Å². The number of carbonyl (C=O) groups is 1. The summed E-state index contributed by atoms with van der Waals surface area (Å²) in [6, 6.07) is 0.924. The second-order valence-corrected chi connectivity index (χ2v) is 6.06. The monoisotopic (exact) mass is 276 g/mol. The SMILES string of the molecule is CC(=O)N1CCC[C@@H]1[C@@H]1CCCN1Cc1nccn1C. The van der Waals surface area contributed by atoms with Gasteiger partial charge in [0.15, 0.2) is 0 Å². The first kappa shape index (κ1) is 13.6. The molecule has 0 N–H and O–H groups in total. The molecule has 2 fully saturated rings. The summed E-state index contributed by atoms with van der Waals surface area (Å²) in [5, 5.41) is 0. The third-order valence-electron chi connectivity index (χ3n) is 4.83. The first-order chi connectivity index (χ1) is 9.66. The topological polar surface area (TPSA) is 41.4 Å². The van der Waals surface area contributed by atoms with Crippen molar-refractivity contribution in [3.8, 4) is 0 Å².